The van der Waals surface area contributed by atoms with Gasteiger partial charge in [0.05, 0.1) is 4.90 Å². The number of hydrogen-bond acceptors (Lipinski definition) is 4. The van der Waals surface area contributed by atoms with Crippen LogP contribution in [0.4, 0.5) is 0 Å². The predicted molar refractivity (Wildman–Crippen MR) is 77.3 cm³/mol. The third kappa shape index (κ3) is 6.15. The molecule has 4 nitrogen and oxygen atoms in total. The van der Waals surface area contributed by atoms with Gasteiger partial charge in [0.25, 0.3) is 0 Å². The van der Waals surface area contributed by atoms with Gasteiger partial charge in [-0.3, -0.25) is 4.79 Å². The lowest BCUT2D eigenvalue weighted by molar-refractivity contribution is -0.131. The Kier molecular flexibility index (Phi) is 5.93. The molecule has 0 fully saturated rings. The molecule has 5 heteroatoms. The fraction of sp³-hybridized carbons (Fsp3) is 0.133. The van der Waals surface area contributed by atoms with Gasteiger partial charge in [0.1, 0.15) is 5.75 Å². The molecule has 0 saturated carbocycles. The summed E-state index contributed by atoms with van der Waals surface area (Å²) in [7, 11) is -3.00. The third-order valence-electron chi connectivity index (χ3n) is 2.18. The van der Waals surface area contributed by atoms with E-state index in [4.69, 9.17) is 4.74 Å². The maximum absolute atomic E-state index is 10.8. The van der Waals surface area contributed by atoms with Crippen molar-refractivity contribution in [1.29, 1.82) is 0 Å². The van der Waals surface area contributed by atoms with E-state index in [1.54, 1.807) is 42.5 Å². The van der Waals surface area contributed by atoms with E-state index in [2.05, 4.69) is 0 Å². The van der Waals surface area contributed by atoms with Crippen LogP contribution in [0.5, 0.6) is 5.75 Å². The first-order chi connectivity index (χ1) is 9.39. The average Bonchev–Trinajstić information content (AvgIpc) is 2.40. The van der Waals surface area contributed by atoms with Gasteiger partial charge in [-0.25, -0.2) is 8.42 Å². The van der Waals surface area contributed by atoms with Crippen molar-refractivity contribution >= 4 is 15.8 Å². The Morgan fingerprint density at radius 2 is 1.35 bits per heavy atom. The highest BCUT2D eigenvalue weighted by Gasteiger charge is 2.02. The standard InChI is InChI=1S/C8H8O2.C7H8O2S/c1-7(9)10-8-5-3-2-4-6-8;1-10(8,9)7-5-3-2-4-6-7/h2*2-6H,1H3. The highest BCUT2D eigenvalue weighted by molar-refractivity contribution is 7.90. The lowest BCUT2D eigenvalue weighted by Crippen LogP contribution is -2.00. The molecule has 20 heavy (non-hydrogen) atoms. The molecular formula is C15H16O4S. The van der Waals surface area contributed by atoms with Crippen LogP contribution < -0.4 is 4.74 Å². The number of ether oxygens (including phenoxy) is 1. The van der Waals surface area contributed by atoms with Crippen molar-refractivity contribution in [3.63, 3.8) is 0 Å². The maximum Gasteiger partial charge on any atom is 0.308 e. The van der Waals surface area contributed by atoms with Crippen LogP contribution in [0.2, 0.25) is 0 Å². The van der Waals surface area contributed by atoms with Crippen molar-refractivity contribution in [3.05, 3.63) is 60.7 Å². The SMILES string of the molecule is CC(=O)Oc1ccccc1.CS(=O)(=O)c1ccccc1. The molecule has 0 heterocycles. The van der Waals surface area contributed by atoms with E-state index >= 15 is 0 Å². The second kappa shape index (κ2) is 7.45. The van der Waals surface area contributed by atoms with Crippen LogP contribution in [-0.2, 0) is 14.6 Å². The summed E-state index contributed by atoms with van der Waals surface area (Å²) in [6.45, 7) is 1.38. The van der Waals surface area contributed by atoms with Gasteiger partial charge in [-0.1, -0.05) is 36.4 Å². The molecule has 0 N–H and O–H groups in total. The molecule has 2 rings (SSSR count). The summed E-state index contributed by atoms with van der Waals surface area (Å²) in [4.78, 5) is 10.8. The zero-order valence-corrected chi connectivity index (χ0v) is 12.1. The summed E-state index contributed by atoms with van der Waals surface area (Å²) in [5.74, 6) is 0.307. The van der Waals surface area contributed by atoms with Crippen molar-refractivity contribution in [2.75, 3.05) is 6.26 Å². The Balaban J connectivity index is 0.000000200. The normalized spacial score (nSPS) is 10.1. The molecule has 0 atom stereocenters. The molecule has 0 radical (unpaired) electrons. The number of carbonyl (C=O) groups is 1. The molecular weight excluding hydrogens is 276 g/mol. The minimum atomic E-state index is -3.00. The van der Waals surface area contributed by atoms with E-state index in [-0.39, 0.29) is 5.97 Å². The number of para-hydroxylation sites is 1. The van der Waals surface area contributed by atoms with E-state index in [1.807, 2.05) is 18.2 Å². The first-order valence-electron chi connectivity index (χ1n) is 5.88. The highest BCUT2D eigenvalue weighted by Crippen LogP contribution is 2.07. The van der Waals surface area contributed by atoms with Crippen LogP contribution >= 0.6 is 0 Å². The van der Waals surface area contributed by atoms with E-state index < -0.39 is 9.84 Å². The molecule has 0 aliphatic carbocycles. The Morgan fingerprint density at radius 3 is 1.70 bits per heavy atom. The van der Waals surface area contributed by atoms with Crippen LogP contribution in [0.1, 0.15) is 6.92 Å². The molecule has 0 aliphatic heterocycles. The molecule has 106 valence electrons. The van der Waals surface area contributed by atoms with E-state index in [1.165, 1.54) is 13.2 Å². The van der Waals surface area contributed by atoms with E-state index in [0.29, 0.717) is 10.6 Å². The Morgan fingerprint density at radius 1 is 0.900 bits per heavy atom. The van der Waals surface area contributed by atoms with Gasteiger partial charge in [-0.15, -0.1) is 0 Å². The van der Waals surface area contributed by atoms with Gasteiger partial charge in [-0.05, 0) is 24.3 Å². The summed E-state index contributed by atoms with van der Waals surface area (Å²) >= 11 is 0. The first kappa shape index (κ1) is 15.9. The van der Waals surface area contributed by atoms with Crippen LogP contribution in [0, 0.1) is 0 Å². The smallest absolute Gasteiger partial charge is 0.308 e. The second-order valence-corrected chi connectivity index (χ2v) is 6.01. The predicted octanol–water partition coefficient (Wildman–Crippen LogP) is 2.70. The second-order valence-electron chi connectivity index (χ2n) is 3.99. The summed E-state index contributed by atoms with van der Waals surface area (Å²) in [5.41, 5.74) is 0. The first-order valence-corrected chi connectivity index (χ1v) is 7.77. The third-order valence-corrected chi connectivity index (χ3v) is 3.30. The number of sulfone groups is 1. The summed E-state index contributed by atoms with van der Waals surface area (Å²) in [6.07, 6.45) is 1.20. The van der Waals surface area contributed by atoms with Crippen LogP contribution in [-0.4, -0.2) is 20.6 Å². The summed E-state index contributed by atoms with van der Waals surface area (Å²) in [6, 6.07) is 17.3. The minimum absolute atomic E-state index is 0.286. The molecule has 0 aliphatic rings. The molecule has 2 aromatic carbocycles. The molecule has 0 unspecified atom stereocenters. The lowest BCUT2D eigenvalue weighted by atomic mass is 10.3. The molecule has 2 aromatic rings. The van der Waals surface area contributed by atoms with Crippen molar-refractivity contribution in [2.24, 2.45) is 0 Å². The van der Waals surface area contributed by atoms with Crippen LogP contribution in [0.15, 0.2) is 65.6 Å². The van der Waals surface area contributed by atoms with Crippen LogP contribution in [0.25, 0.3) is 0 Å². The molecule has 0 amide bonds. The quantitative estimate of drug-likeness (QED) is 0.630. The largest absolute Gasteiger partial charge is 0.427 e. The van der Waals surface area contributed by atoms with Gasteiger partial charge in [0.15, 0.2) is 9.84 Å². The maximum atomic E-state index is 10.8. The van der Waals surface area contributed by atoms with Gasteiger partial charge in [-0.2, -0.15) is 0 Å². The molecule has 0 spiro atoms. The fourth-order valence-corrected chi connectivity index (χ4v) is 1.97. The summed E-state index contributed by atoms with van der Waals surface area (Å²) in [5, 5.41) is 0. The number of hydrogen-bond donors (Lipinski definition) is 0. The topological polar surface area (TPSA) is 60.4 Å². The van der Waals surface area contributed by atoms with Gasteiger partial charge >= 0.3 is 5.97 Å². The van der Waals surface area contributed by atoms with Gasteiger partial charge in [0.2, 0.25) is 0 Å². The summed E-state index contributed by atoms with van der Waals surface area (Å²) < 4.78 is 26.4. The van der Waals surface area contributed by atoms with Crippen molar-refractivity contribution in [1.82, 2.24) is 0 Å². The average molecular weight is 292 g/mol. The minimum Gasteiger partial charge on any atom is -0.427 e. The Labute approximate surface area is 118 Å². The van der Waals surface area contributed by atoms with Crippen molar-refractivity contribution in [3.8, 4) is 5.75 Å². The van der Waals surface area contributed by atoms with Gasteiger partial charge < -0.3 is 4.74 Å². The van der Waals surface area contributed by atoms with Crippen molar-refractivity contribution in [2.45, 2.75) is 11.8 Å². The fourth-order valence-electron chi connectivity index (χ4n) is 1.32. The highest BCUT2D eigenvalue weighted by atomic mass is 32.2. The number of benzene rings is 2. The molecule has 0 saturated heterocycles. The number of carbonyl (C=O) groups excluding carboxylic acids is 1. The van der Waals surface area contributed by atoms with Crippen molar-refractivity contribution < 1.29 is 17.9 Å². The lowest BCUT2D eigenvalue weighted by Gasteiger charge is -1.97. The van der Waals surface area contributed by atoms with E-state index in [9.17, 15) is 13.2 Å². The Hall–Kier alpha value is -2.14. The molecule has 0 aromatic heterocycles. The zero-order chi connectivity index (χ0) is 15.0. The monoisotopic (exact) mass is 292 g/mol. The zero-order valence-electron chi connectivity index (χ0n) is 11.3. The van der Waals surface area contributed by atoms with E-state index in [0.717, 1.165) is 0 Å². The van der Waals surface area contributed by atoms with Gasteiger partial charge in [0, 0.05) is 13.2 Å². The Bertz CT molecular complexity index is 634. The molecule has 0 bridgehead atoms. The van der Waals surface area contributed by atoms with Crippen LogP contribution in [0.3, 0.4) is 0 Å². The number of rotatable bonds is 2. The number of esters is 1.